The molecule has 2 aliphatic heterocycles. The van der Waals surface area contributed by atoms with Crippen molar-refractivity contribution in [1.29, 1.82) is 0 Å². The highest BCUT2D eigenvalue weighted by molar-refractivity contribution is 6.23. The van der Waals surface area contributed by atoms with Crippen LogP contribution in [0, 0.1) is 0 Å². The van der Waals surface area contributed by atoms with Crippen LogP contribution < -0.4 is 19.7 Å². The maximum absolute atomic E-state index is 13.3. The second-order valence-electron chi connectivity index (χ2n) is 7.73. The molecule has 1 saturated heterocycles. The second kappa shape index (κ2) is 8.66. The van der Waals surface area contributed by atoms with E-state index in [1.807, 2.05) is 18.2 Å². The molecule has 0 aromatic heterocycles. The number of nitrogens with zero attached hydrogens (tertiary/aromatic N) is 2. The molecular weight excluding hydrogens is 422 g/mol. The number of carbonyl (C=O) groups excluding carboxylic acids is 3. The number of para-hydroxylation sites is 2. The van der Waals surface area contributed by atoms with Gasteiger partial charge in [0.1, 0.15) is 6.04 Å². The molecule has 0 radical (unpaired) electrons. The third kappa shape index (κ3) is 4.10. The largest absolute Gasteiger partial charge is 0.454 e. The molecule has 0 unspecified atom stereocenters. The highest BCUT2D eigenvalue weighted by Gasteiger charge is 2.44. The molecule has 2 aliphatic rings. The number of imide groups is 1. The van der Waals surface area contributed by atoms with Crippen LogP contribution in [0.1, 0.15) is 12.0 Å². The SMILES string of the molecule is O=C1C[C@@H](N(Cc2ccc3c(c2)OCO3)C(=O)Nc2ccccc2)C(=O)N1c1ccccc1. The molecule has 1 fully saturated rings. The maximum Gasteiger partial charge on any atom is 0.322 e. The molecule has 1 N–H and O–H groups in total. The van der Waals surface area contributed by atoms with E-state index in [-0.39, 0.29) is 25.7 Å². The molecule has 5 rings (SSSR count). The van der Waals surface area contributed by atoms with Crippen molar-refractivity contribution >= 4 is 29.2 Å². The van der Waals surface area contributed by atoms with Crippen LogP contribution in [0.25, 0.3) is 0 Å². The predicted molar refractivity (Wildman–Crippen MR) is 121 cm³/mol. The van der Waals surface area contributed by atoms with Crippen molar-refractivity contribution < 1.29 is 23.9 Å². The Morgan fingerprint density at radius 2 is 1.64 bits per heavy atom. The van der Waals surface area contributed by atoms with Gasteiger partial charge in [-0.05, 0) is 42.0 Å². The summed E-state index contributed by atoms with van der Waals surface area (Å²) in [6.07, 6.45) is -0.0967. The number of rotatable bonds is 5. The molecule has 3 aromatic carbocycles. The van der Waals surface area contributed by atoms with Crippen molar-refractivity contribution in [3.8, 4) is 11.5 Å². The summed E-state index contributed by atoms with van der Waals surface area (Å²) in [4.78, 5) is 42.0. The Bertz CT molecular complexity index is 1200. The molecule has 0 spiro atoms. The van der Waals surface area contributed by atoms with Gasteiger partial charge in [-0.1, -0.05) is 42.5 Å². The minimum absolute atomic E-state index is 0.0967. The smallest absolute Gasteiger partial charge is 0.322 e. The fourth-order valence-corrected chi connectivity index (χ4v) is 3.98. The van der Waals surface area contributed by atoms with E-state index in [1.165, 1.54) is 4.90 Å². The number of hydrogen-bond donors (Lipinski definition) is 1. The zero-order valence-electron chi connectivity index (χ0n) is 17.6. The molecule has 1 atom stereocenters. The van der Waals surface area contributed by atoms with Crippen LogP contribution in [0.4, 0.5) is 16.2 Å². The predicted octanol–water partition coefficient (Wildman–Crippen LogP) is 3.78. The van der Waals surface area contributed by atoms with Crippen LogP contribution in [-0.4, -0.2) is 35.6 Å². The summed E-state index contributed by atoms with van der Waals surface area (Å²) in [5, 5.41) is 2.83. The minimum atomic E-state index is -0.938. The summed E-state index contributed by atoms with van der Waals surface area (Å²) in [6.45, 7) is 0.250. The number of hydrogen-bond acceptors (Lipinski definition) is 5. The quantitative estimate of drug-likeness (QED) is 0.607. The average Bonchev–Trinajstić information content (AvgIpc) is 3.42. The van der Waals surface area contributed by atoms with Gasteiger partial charge in [0.2, 0.25) is 12.7 Å². The van der Waals surface area contributed by atoms with Crippen LogP contribution in [0.3, 0.4) is 0 Å². The topological polar surface area (TPSA) is 88.2 Å². The van der Waals surface area contributed by atoms with Gasteiger partial charge in [0.15, 0.2) is 11.5 Å². The van der Waals surface area contributed by atoms with Gasteiger partial charge in [-0.3, -0.25) is 9.59 Å². The first kappa shape index (κ1) is 20.6. The number of urea groups is 1. The number of carbonyl (C=O) groups is 3. The zero-order chi connectivity index (χ0) is 22.8. The van der Waals surface area contributed by atoms with E-state index in [2.05, 4.69) is 5.32 Å². The van der Waals surface area contributed by atoms with Crippen LogP contribution >= 0.6 is 0 Å². The normalized spacial score (nSPS) is 16.7. The van der Waals surface area contributed by atoms with Crippen LogP contribution in [0.15, 0.2) is 78.9 Å². The van der Waals surface area contributed by atoms with Gasteiger partial charge in [0, 0.05) is 12.2 Å². The monoisotopic (exact) mass is 443 g/mol. The van der Waals surface area contributed by atoms with Crippen molar-refractivity contribution in [3.05, 3.63) is 84.4 Å². The van der Waals surface area contributed by atoms with Crippen LogP contribution in [0.5, 0.6) is 11.5 Å². The Morgan fingerprint density at radius 1 is 0.939 bits per heavy atom. The van der Waals surface area contributed by atoms with E-state index in [4.69, 9.17) is 9.47 Å². The van der Waals surface area contributed by atoms with Crippen LogP contribution in [0.2, 0.25) is 0 Å². The molecule has 4 amide bonds. The molecule has 0 bridgehead atoms. The van der Waals surface area contributed by atoms with E-state index in [9.17, 15) is 14.4 Å². The van der Waals surface area contributed by atoms with Gasteiger partial charge in [0.25, 0.3) is 5.91 Å². The van der Waals surface area contributed by atoms with Crippen molar-refractivity contribution in [2.45, 2.75) is 19.0 Å². The Hall–Kier alpha value is -4.33. The van der Waals surface area contributed by atoms with Gasteiger partial charge >= 0.3 is 6.03 Å². The summed E-state index contributed by atoms with van der Waals surface area (Å²) in [5.41, 5.74) is 1.83. The molecule has 166 valence electrons. The summed E-state index contributed by atoms with van der Waals surface area (Å²) < 4.78 is 10.8. The lowest BCUT2D eigenvalue weighted by Crippen LogP contribution is -2.46. The van der Waals surface area contributed by atoms with Crippen LogP contribution in [-0.2, 0) is 16.1 Å². The van der Waals surface area contributed by atoms with Gasteiger partial charge < -0.3 is 19.7 Å². The summed E-state index contributed by atoms with van der Waals surface area (Å²) in [7, 11) is 0. The number of ether oxygens (including phenoxy) is 2. The molecule has 3 aromatic rings. The molecule has 0 saturated carbocycles. The molecule has 33 heavy (non-hydrogen) atoms. The van der Waals surface area contributed by atoms with Gasteiger partial charge in [-0.15, -0.1) is 0 Å². The lowest BCUT2D eigenvalue weighted by Gasteiger charge is -2.28. The van der Waals surface area contributed by atoms with Crippen molar-refractivity contribution in [2.24, 2.45) is 0 Å². The Balaban J connectivity index is 1.45. The number of fused-ring (bicyclic) bond motifs is 1. The molecule has 8 nitrogen and oxygen atoms in total. The number of benzene rings is 3. The molecule has 0 aliphatic carbocycles. The molecular formula is C25H21N3O5. The maximum atomic E-state index is 13.3. The van der Waals surface area contributed by atoms with Gasteiger partial charge in [-0.25, -0.2) is 9.69 Å². The number of amides is 4. The summed E-state index contributed by atoms with van der Waals surface area (Å²) in [5.74, 6) is 0.423. The Kier molecular flexibility index (Phi) is 5.40. The fraction of sp³-hybridized carbons (Fsp3) is 0.160. The summed E-state index contributed by atoms with van der Waals surface area (Å²) in [6, 6.07) is 21.6. The second-order valence-corrected chi connectivity index (χ2v) is 7.73. The third-order valence-corrected chi connectivity index (χ3v) is 5.59. The van der Waals surface area contributed by atoms with E-state index in [0.29, 0.717) is 22.9 Å². The van der Waals surface area contributed by atoms with E-state index >= 15 is 0 Å². The van der Waals surface area contributed by atoms with Crippen molar-refractivity contribution in [2.75, 3.05) is 17.0 Å². The third-order valence-electron chi connectivity index (χ3n) is 5.59. The number of nitrogens with one attached hydrogen (secondary N) is 1. The Labute approximate surface area is 190 Å². The average molecular weight is 443 g/mol. The number of anilines is 2. The summed E-state index contributed by atoms with van der Waals surface area (Å²) >= 11 is 0. The fourth-order valence-electron chi connectivity index (χ4n) is 3.98. The van der Waals surface area contributed by atoms with Gasteiger partial charge in [0.05, 0.1) is 12.1 Å². The van der Waals surface area contributed by atoms with Gasteiger partial charge in [-0.2, -0.15) is 0 Å². The molecule has 2 heterocycles. The first-order valence-electron chi connectivity index (χ1n) is 10.5. The van der Waals surface area contributed by atoms with E-state index in [1.54, 1.807) is 60.7 Å². The van der Waals surface area contributed by atoms with Crippen molar-refractivity contribution in [1.82, 2.24) is 4.90 Å². The Morgan fingerprint density at radius 3 is 2.39 bits per heavy atom. The van der Waals surface area contributed by atoms with Crippen molar-refractivity contribution in [3.63, 3.8) is 0 Å². The first-order chi connectivity index (χ1) is 16.1. The highest BCUT2D eigenvalue weighted by atomic mass is 16.7. The minimum Gasteiger partial charge on any atom is -0.454 e. The van der Waals surface area contributed by atoms with E-state index < -0.39 is 18.0 Å². The zero-order valence-corrected chi connectivity index (χ0v) is 17.6. The molecule has 8 heteroatoms. The first-order valence-corrected chi connectivity index (χ1v) is 10.5. The standard InChI is InChI=1S/C25H21N3O5/c29-23-14-20(24(30)28(23)19-9-5-2-6-10-19)27(25(31)26-18-7-3-1-4-8-18)15-17-11-12-21-22(13-17)33-16-32-21/h1-13,20H,14-16H2,(H,26,31)/t20-/m1/s1. The van der Waals surface area contributed by atoms with E-state index in [0.717, 1.165) is 10.5 Å². The highest BCUT2D eigenvalue weighted by Crippen LogP contribution is 2.34. The lowest BCUT2D eigenvalue weighted by atomic mass is 10.1. The lowest BCUT2D eigenvalue weighted by molar-refractivity contribution is -0.122.